The molecular weight excluding hydrogens is 302 g/mol. The van der Waals surface area contributed by atoms with Gasteiger partial charge in [0.2, 0.25) is 10.0 Å². The summed E-state index contributed by atoms with van der Waals surface area (Å²) in [5.41, 5.74) is 0. The minimum Gasteiger partial charge on any atom is -0.317 e. The van der Waals surface area contributed by atoms with E-state index in [1.807, 2.05) is 7.05 Å². The van der Waals surface area contributed by atoms with E-state index in [1.165, 1.54) is 17.1 Å². The maximum atomic E-state index is 12.3. The van der Waals surface area contributed by atoms with Crippen LogP contribution in [-0.2, 0) is 23.6 Å². The second-order valence-corrected chi connectivity index (χ2v) is 9.06. The van der Waals surface area contributed by atoms with Gasteiger partial charge in [-0.3, -0.25) is 4.90 Å². The van der Waals surface area contributed by atoms with E-state index < -0.39 is 10.0 Å². The van der Waals surface area contributed by atoms with Crippen molar-refractivity contribution in [1.29, 1.82) is 0 Å². The fourth-order valence-corrected chi connectivity index (χ4v) is 4.57. The van der Waals surface area contributed by atoms with Crippen LogP contribution in [0.4, 0.5) is 0 Å². The van der Waals surface area contributed by atoms with Crippen molar-refractivity contribution in [2.45, 2.75) is 43.4 Å². The molecule has 1 aliphatic heterocycles. The lowest BCUT2D eigenvalue weighted by Gasteiger charge is -2.33. The molecule has 0 amide bonds. The number of sulfonamides is 1. The van der Waals surface area contributed by atoms with Crippen LogP contribution >= 0.6 is 0 Å². The summed E-state index contributed by atoms with van der Waals surface area (Å²) in [7, 11) is 2.05. The Labute approximate surface area is 132 Å². The van der Waals surface area contributed by atoms with Crippen LogP contribution in [0.5, 0.6) is 0 Å². The number of hydrogen-bond acceptors (Lipinski definition) is 5. The fraction of sp³-hybridized carbons (Fsp3) is 0.857. The van der Waals surface area contributed by atoms with Crippen LogP contribution in [-0.4, -0.2) is 64.8 Å². The highest BCUT2D eigenvalue weighted by Crippen LogP contribution is 2.38. The lowest BCUT2D eigenvalue weighted by atomic mass is 10.1. The van der Waals surface area contributed by atoms with Gasteiger partial charge in [-0.05, 0) is 32.2 Å². The topological polar surface area (TPSA) is 71.3 Å². The summed E-state index contributed by atoms with van der Waals surface area (Å²) in [4.78, 5) is 2.19. The first kappa shape index (κ1) is 15.9. The van der Waals surface area contributed by atoms with Crippen molar-refractivity contribution in [3.63, 3.8) is 0 Å². The fourth-order valence-electron chi connectivity index (χ4n) is 3.11. The van der Waals surface area contributed by atoms with Crippen LogP contribution < -0.4 is 0 Å². The summed E-state index contributed by atoms with van der Waals surface area (Å²) in [5, 5.41) is 8.29. The second-order valence-electron chi connectivity index (χ2n) is 6.63. The Balaban J connectivity index is 1.68. The molecule has 2 heterocycles. The van der Waals surface area contributed by atoms with Gasteiger partial charge in [0.05, 0.1) is 11.8 Å². The molecule has 1 aromatic rings. The van der Waals surface area contributed by atoms with Crippen LogP contribution in [0.2, 0.25) is 0 Å². The first-order chi connectivity index (χ1) is 10.4. The molecule has 1 aliphatic carbocycles. The maximum Gasteiger partial charge on any atom is 0.217 e. The summed E-state index contributed by atoms with van der Waals surface area (Å²) >= 11 is 0. The first-order valence-electron chi connectivity index (χ1n) is 7.91. The maximum absolute atomic E-state index is 12.3. The van der Waals surface area contributed by atoms with Crippen LogP contribution in [0.15, 0.2) is 0 Å². The molecule has 0 N–H and O–H groups in total. The molecular formula is C14H25N5O2S. The second kappa shape index (κ2) is 5.90. The SMILES string of the molecule is CN(C)S(=O)(=O)C1CCCN(Cc2nnc(C3CC3)n2C)C1. The van der Waals surface area contributed by atoms with Crippen molar-refractivity contribution >= 4 is 10.0 Å². The van der Waals surface area contributed by atoms with Crippen molar-refractivity contribution in [2.24, 2.45) is 7.05 Å². The quantitative estimate of drug-likeness (QED) is 0.790. The largest absolute Gasteiger partial charge is 0.317 e. The van der Waals surface area contributed by atoms with Gasteiger partial charge in [-0.2, -0.15) is 0 Å². The van der Waals surface area contributed by atoms with Crippen molar-refractivity contribution < 1.29 is 8.42 Å². The molecule has 3 rings (SSSR count). The van der Waals surface area contributed by atoms with Gasteiger partial charge in [-0.25, -0.2) is 12.7 Å². The van der Waals surface area contributed by atoms with E-state index in [4.69, 9.17) is 0 Å². The summed E-state index contributed by atoms with van der Waals surface area (Å²) in [6.07, 6.45) is 4.06. The van der Waals surface area contributed by atoms with Gasteiger partial charge in [-0.15, -0.1) is 10.2 Å². The monoisotopic (exact) mass is 327 g/mol. The average Bonchev–Trinajstić information content (AvgIpc) is 3.25. The summed E-state index contributed by atoms with van der Waals surface area (Å²) in [6, 6.07) is 0. The van der Waals surface area contributed by atoms with Crippen molar-refractivity contribution in [3.8, 4) is 0 Å². The number of nitrogens with zero attached hydrogens (tertiary/aromatic N) is 5. The Morgan fingerprint density at radius 2 is 1.95 bits per heavy atom. The molecule has 22 heavy (non-hydrogen) atoms. The van der Waals surface area contributed by atoms with Gasteiger partial charge in [0, 0.05) is 33.6 Å². The van der Waals surface area contributed by atoms with E-state index in [2.05, 4.69) is 19.7 Å². The Bertz CT molecular complexity index is 636. The smallest absolute Gasteiger partial charge is 0.217 e. The van der Waals surface area contributed by atoms with Gasteiger partial charge in [-0.1, -0.05) is 0 Å². The van der Waals surface area contributed by atoms with E-state index in [9.17, 15) is 8.42 Å². The van der Waals surface area contributed by atoms with Crippen molar-refractivity contribution in [1.82, 2.24) is 24.0 Å². The molecule has 2 fully saturated rings. The Morgan fingerprint density at radius 1 is 1.23 bits per heavy atom. The minimum atomic E-state index is -3.18. The number of hydrogen-bond donors (Lipinski definition) is 0. The predicted octanol–water partition coefficient (Wildman–Crippen LogP) is 0.548. The van der Waals surface area contributed by atoms with E-state index in [-0.39, 0.29) is 5.25 Å². The molecule has 1 aromatic heterocycles. The zero-order chi connectivity index (χ0) is 15.9. The van der Waals surface area contributed by atoms with Gasteiger partial charge >= 0.3 is 0 Å². The summed E-state index contributed by atoms with van der Waals surface area (Å²) in [5.74, 6) is 2.59. The van der Waals surface area contributed by atoms with Gasteiger partial charge in [0.15, 0.2) is 0 Å². The molecule has 124 valence electrons. The lowest BCUT2D eigenvalue weighted by Crippen LogP contribution is -2.45. The van der Waals surface area contributed by atoms with Gasteiger partial charge < -0.3 is 4.57 Å². The average molecular weight is 327 g/mol. The molecule has 0 bridgehead atoms. The minimum absolute atomic E-state index is 0.313. The molecule has 1 saturated carbocycles. The summed E-state index contributed by atoms with van der Waals surface area (Å²) < 4.78 is 28.1. The molecule has 8 heteroatoms. The van der Waals surface area contributed by atoms with Crippen molar-refractivity contribution in [3.05, 3.63) is 11.6 Å². The normalized spacial score (nSPS) is 24.1. The van der Waals surface area contributed by atoms with E-state index in [0.29, 0.717) is 19.0 Å². The van der Waals surface area contributed by atoms with E-state index in [1.54, 1.807) is 14.1 Å². The van der Waals surface area contributed by atoms with Crippen molar-refractivity contribution in [2.75, 3.05) is 27.2 Å². The number of likely N-dealkylation sites (tertiary alicyclic amines) is 1. The van der Waals surface area contributed by atoms with Crippen LogP contribution in [0.25, 0.3) is 0 Å². The third kappa shape index (κ3) is 3.04. The van der Waals surface area contributed by atoms with E-state index in [0.717, 1.165) is 31.0 Å². The molecule has 2 aliphatic rings. The predicted molar refractivity (Wildman–Crippen MR) is 83.9 cm³/mol. The van der Waals surface area contributed by atoms with Crippen LogP contribution in [0.1, 0.15) is 43.3 Å². The highest BCUT2D eigenvalue weighted by Gasteiger charge is 2.33. The molecule has 1 unspecified atom stereocenters. The number of aromatic nitrogens is 3. The molecule has 0 radical (unpaired) electrons. The highest BCUT2D eigenvalue weighted by molar-refractivity contribution is 7.89. The molecule has 1 saturated heterocycles. The van der Waals surface area contributed by atoms with Crippen LogP contribution in [0.3, 0.4) is 0 Å². The Morgan fingerprint density at radius 3 is 2.59 bits per heavy atom. The first-order valence-corrected chi connectivity index (χ1v) is 9.41. The molecule has 1 atom stereocenters. The zero-order valence-electron chi connectivity index (χ0n) is 13.6. The highest BCUT2D eigenvalue weighted by atomic mass is 32.2. The third-order valence-corrected chi connectivity index (χ3v) is 6.94. The van der Waals surface area contributed by atoms with Crippen LogP contribution in [0, 0.1) is 0 Å². The third-order valence-electron chi connectivity index (χ3n) is 4.70. The summed E-state index contributed by atoms with van der Waals surface area (Å²) in [6.45, 7) is 2.17. The van der Waals surface area contributed by atoms with Gasteiger partial charge in [0.25, 0.3) is 0 Å². The lowest BCUT2D eigenvalue weighted by molar-refractivity contribution is 0.213. The molecule has 7 nitrogen and oxygen atoms in total. The Hall–Kier alpha value is -0.990. The molecule has 0 aromatic carbocycles. The van der Waals surface area contributed by atoms with Gasteiger partial charge in [0.1, 0.15) is 11.6 Å². The van der Waals surface area contributed by atoms with E-state index >= 15 is 0 Å². The molecule has 0 spiro atoms. The Kier molecular flexibility index (Phi) is 4.26. The zero-order valence-corrected chi connectivity index (χ0v) is 14.4. The number of piperidine rings is 1. The standard InChI is InChI=1S/C14H25N5O2S/c1-17(2)22(20,21)12-5-4-8-19(9-12)10-13-15-16-14(18(13)3)11-6-7-11/h11-12H,4-10H2,1-3H3. The number of rotatable bonds is 5.